The standard InChI is InChI=1S/C19H25N3O4/c1-3-20-13-14(12-17(20)23)18(24)21-8-10-22(11-9-21)19(25)15-6-4-5-7-16(15)26-2/h4-7,14H,3,8-13H2,1-2H3. The molecule has 140 valence electrons. The van der Waals surface area contributed by atoms with Crippen molar-refractivity contribution in [3.63, 3.8) is 0 Å². The van der Waals surface area contributed by atoms with Crippen molar-refractivity contribution < 1.29 is 19.1 Å². The van der Waals surface area contributed by atoms with E-state index in [1.54, 1.807) is 33.9 Å². The first-order valence-corrected chi connectivity index (χ1v) is 9.04. The lowest BCUT2D eigenvalue weighted by Gasteiger charge is -2.36. The number of piperazine rings is 1. The number of hydrogen-bond acceptors (Lipinski definition) is 4. The molecule has 2 aliphatic heterocycles. The fourth-order valence-corrected chi connectivity index (χ4v) is 3.62. The van der Waals surface area contributed by atoms with Gasteiger partial charge in [0.05, 0.1) is 18.6 Å². The summed E-state index contributed by atoms with van der Waals surface area (Å²) in [6.45, 7) is 5.04. The Hall–Kier alpha value is -2.57. The molecule has 2 fully saturated rings. The Bertz CT molecular complexity index is 698. The number of para-hydroxylation sites is 1. The number of ether oxygens (including phenoxy) is 1. The van der Waals surface area contributed by atoms with Crippen LogP contribution >= 0.6 is 0 Å². The molecule has 0 saturated carbocycles. The molecule has 0 spiro atoms. The normalized spacial score (nSPS) is 20.5. The van der Waals surface area contributed by atoms with Crippen LogP contribution in [0.5, 0.6) is 5.75 Å². The minimum atomic E-state index is -0.251. The smallest absolute Gasteiger partial charge is 0.257 e. The van der Waals surface area contributed by atoms with Crippen LogP contribution in [0, 0.1) is 5.92 Å². The molecule has 0 bridgehead atoms. The van der Waals surface area contributed by atoms with E-state index in [2.05, 4.69) is 0 Å². The number of carbonyl (C=O) groups excluding carboxylic acids is 3. The molecule has 2 aliphatic rings. The average Bonchev–Trinajstić information content (AvgIpc) is 3.07. The van der Waals surface area contributed by atoms with Gasteiger partial charge in [0.2, 0.25) is 11.8 Å². The molecule has 0 N–H and O–H groups in total. The number of carbonyl (C=O) groups is 3. The second-order valence-electron chi connectivity index (χ2n) is 6.65. The van der Waals surface area contributed by atoms with Crippen LogP contribution in [-0.2, 0) is 9.59 Å². The van der Waals surface area contributed by atoms with Crippen molar-refractivity contribution in [2.75, 3.05) is 46.4 Å². The van der Waals surface area contributed by atoms with Gasteiger partial charge in [0.15, 0.2) is 0 Å². The average molecular weight is 359 g/mol. The van der Waals surface area contributed by atoms with Crippen molar-refractivity contribution in [1.29, 1.82) is 0 Å². The van der Waals surface area contributed by atoms with E-state index < -0.39 is 0 Å². The molecule has 7 nitrogen and oxygen atoms in total. The lowest BCUT2D eigenvalue weighted by Crippen LogP contribution is -2.52. The molecule has 26 heavy (non-hydrogen) atoms. The first-order chi connectivity index (χ1) is 12.5. The first-order valence-electron chi connectivity index (χ1n) is 9.04. The molecule has 1 atom stereocenters. The highest BCUT2D eigenvalue weighted by Gasteiger charge is 2.37. The van der Waals surface area contributed by atoms with Crippen LogP contribution in [0.4, 0.5) is 0 Å². The van der Waals surface area contributed by atoms with Crippen molar-refractivity contribution in [2.24, 2.45) is 5.92 Å². The number of benzene rings is 1. The van der Waals surface area contributed by atoms with Crippen LogP contribution in [0.15, 0.2) is 24.3 Å². The zero-order chi connectivity index (χ0) is 18.7. The van der Waals surface area contributed by atoms with Crippen molar-refractivity contribution in [3.8, 4) is 5.75 Å². The molecule has 0 radical (unpaired) electrons. The Kier molecular flexibility index (Phi) is 5.44. The summed E-state index contributed by atoms with van der Waals surface area (Å²) < 4.78 is 5.27. The van der Waals surface area contributed by atoms with Crippen LogP contribution in [0.1, 0.15) is 23.7 Å². The van der Waals surface area contributed by atoms with Gasteiger partial charge in [-0.2, -0.15) is 0 Å². The van der Waals surface area contributed by atoms with Crippen LogP contribution in [0.2, 0.25) is 0 Å². The summed E-state index contributed by atoms with van der Waals surface area (Å²) in [7, 11) is 1.55. The quantitative estimate of drug-likeness (QED) is 0.799. The van der Waals surface area contributed by atoms with Gasteiger partial charge in [-0.3, -0.25) is 14.4 Å². The van der Waals surface area contributed by atoms with E-state index in [0.717, 1.165) is 0 Å². The number of nitrogens with zero attached hydrogens (tertiary/aromatic N) is 3. The monoisotopic (exact) mass is 359 g/mol. The van der Waals surface area contributed by atoms with E-state index in [-0.39, 0.29) is 23.6 Å². The topological polar surface area (TPSA) is 70.2 Å². The Morgan fingerprint density at radius 3 is 2.38 bits per heavy atom. The number of rotatable bonds is 4. The third-order valence-electron chi connectivity index (χ3n) is 5.16. The largest absolute Gasteiger partial charge is 0.496 e. The molecule has 0 aliphatic carbocycles. The maximum Gasteiger partial charge on any atom is 0.257 e. The maximum absolute atomic E-state index is 12.7. The molecule has 3 amide bonds. The fourth-order valence-electron chi connectivity index (χ4n) is 3.62. The molecule has 1 unspecified atom stereocenters. The van der Waals surface area contributed by atoms with Gasteiger partial charge in [0, 0.05) is 45.7 Å². The predicted molar refractivity (Wildman–Crippen MR) is 95.8 cm³/mol. The molecule has 3 rings (SSSR count). The van der Waals surface area contributed by atoms with Crippen molar-refractivity contribution in [3.05, 3.63) is 29.8 Å². The van der Waals surface area contributed by atoms with Crippen molar-refractivity contribution >= 4 is 17.7 Å². The van der Waals surface area contributed by atoms with Crippen LogP contribution < -0.4 is 4.74 Å². The van der Waals surface area contributed by atoms with Crippen LogP contribution in [0.3, 0.4) is 0 Å². The highest BCUT2D eigenvalue weighted by Crippen LogP contribution is 2.22. The molecule has 0 aromatic heterocycles. The second kappa shape index (κ2) is 7.76. The molecule has 2 saturated heterocycles. The molecule has 1 aromatic carbocycles. The second-order valence-corrected chi connectivity index (χ2v) is 6.65. The molecule has 7 heteroatoms. The van der Waals surface area contributed by atoms with Gasteiger partial charge < -0.3 is 19.4 Å². The molecule has 2 heterocycles. The minimum Gasteiger partial charge on any atom is -0.496 e. The third kappa shape index (κ3) is 3.52. The zero-order valence-electron chi connectivity index (χ0n) is 15.3. The van der Waals surface area contributed by atoms with E-state index in [0.29, 0.717) is 57.0 Å². The van der Waals surface area contributed by atoms with Crippen molar-refractivity contribution in [1.82, 2.24) is 14.7 Å². The highest BCUT2D eigenvalue weighted by atomic mass is 16.5. The summed E-state index contributed by atoms with van der Waals surface area (Å²) in [4.78, 5) is 42.5. The first kappa shape index (κ1) is 18.2. The number of hydrogen-bond donors (Lipinski definition) is 0. The molecular formula is C19H25N3O4. The van der Waals surface area contributed by atoms with Gasteiger partial charge in [-0.1, -0.05) is 12.1 Å². The van der Waals surface area contributed by atoms with Crippen molar-refractivity contribution in [2.45, 2.75) is 13.3 Å². The van der Waals surface area contributed by atoms with Gasteiger partial charge in [0.25, 0.3) is 5.91 Å². The van der Waals surface area contributed by atoms with E-state index in [1.807, 2.05) is 19.1 Å². The van der Waals surface area contributed by atoms with Gasteiger partial charge in [-0.25, -0.2) is 0 Å². The number of amides is 3. The highest BCUT2D eigenvalue weighted by molar-refractivity contribution is 5.97. The van der Waals surface area contributed by atoms with Crippen LogP contribution in [0.25, 0.3) is 0 Å². The maximum atomic E-state index is 12.7. The Balaban J connectivity index is 1.58. The minimum absolute atomic E-state index is 0.0266. The van der Waals surface area contributed by atoms with Gasteiger partial charge in [-0.05, 0) is 19.1 Å². The summed E-state index contributed by atoms with van der Waals surface area (Å²) in [5, 5.41) is 0. The van der Waals surface area contributed by atoms with E-state index in [4.69, 9.17) is 4.74 Å². The zero-order valence-corrected chi connectivity index (χ0v) is 15.3. The summed E-state index contributed by atoms with van der Waals surface area (Å²) in [5.74, 6) is 0.302. The Labute approximate surface area is 153 Å². The Morgan fingerprint density at radius 1 is 1.12 bits per heavy atom. The molecular weight excluding hydrogens is 334 g/mol. The van der Waals surface area contributed by atoms with E-state index in [9.17, 15) is 14.4 Å². The number of methoxy groups -OCH3 is 1. The summed E-state index contributed by atoms with van der Waals surface area (Å²) >= 11 is 0. The SMILES string of the molecule is CCN1CC(C(=O)N2CCN(C(=O)c3ccccc3OC)CC2)CC1=O. The van der Waals surface area contributed by atoms with Gasteiger partial charge >= 0.3 is 0 Å². The summed E-state index contributed by atoms with van der Waals surface area (Å²) in [6, 6.07) is 7.16. The van der Waals surface area contributed by atoms with E-state index >= 15 is 0 Å². The van der Waals surface area contributed by atoms with E-state index in [1.165, 1.54) is 0 Å². The number of likely N-dealkylation sites (tertiary alicyclic amines) is 1. The Morgan fingerprint density at radius 2 is 1.77 bits per heavy atom. The third-order valence-corrected chi connectivity index (χ3v) is 5.16. The summed E-state index contributed by atoms with van der Waals surface area (Å²) in [6.07, 6.45) is 0.299. The lowest BCUT2D eigenvalue weighted by molar-refractivity contribution is -0.137. The summed E-state index contributed by atoms with van der Waals surface area (Å²) in [5.41, 5.74) is 0.537. The molecule has 1 aromatic rings. The van der Waals surface area contributed by atoms with Gasteiger partial charge in [-0.15, -0.1) is 0 Å². The fraction of sp³-hybridized carbons (Fsp3) is 0.526. The predicted octanol–water partition coefficient (Wildman–Crippen LogP) is 0.848. The van der Waals surface area contributed by atoms with Crippen LogP contribution in [-0.4, -0.2) is 78.8 Å². The lowest BCUT2D eigenvalue weighted by atomic mass is 10.1. The van der Waals surface area contributed by atoms with Gasteiger partial charge in [0.1, 0.15) is 5.75 Å².